The number of fused-ring (bicyclic) bond motifs is 1. The molecule has 8 heteroatoms. The standard InChI is InChI=1S/C20H22N2O5S/c1-4-11-26-16-8-6-15(7-9-16)21-20(23)19-13-22(28(3,24)25)17-12-14(2)5-10-18(17)27-19/h4-10,12,19H,1,11,13H2,2-3H3,(H,21,23)/t19-/m1/s1. The molecule has 28 heavy (non-hydrogen) atoms. The van der Waals surface area contributed by atoms with Gasteiger partial charge in [-0.25, -0.2) is 8.42 Å². The first-order chi connectivity index (χ1) is 13.3. The lowest BCUT2D eigenvalue weighted by Gasteiger charge is -2.34. The van der Waals surface area contributed by atoms with E-state index in [0.717, 1.165) is 11.8 Å². The predicted octanol–water partition coefficient (Wildman–Crippen LogP) is 2.73. The average molecular weight is 402 g/mol. The van der Waals surface area contributed by atoms with Crippen molar-refractivity contribution in [1.82, 2.24) is 0 Å². The van der Waals surface area contributed by atoms with Gasteiger partial charge in [0.2, 0.25) is 10.0 Å². The highest BCUT2D eigenvalue weighted by molar-refractivity contribution is 7.92. The zero-order valence-electron chi connectivity index (χ0n) is 15.7. The number of carbonyl (C=O) groups excluding carboxylic acids is 1. The Hall–Kier alpha value is -3.00. The van der Waals surface area contributed by atoms with Crippen LogP contribution in [0.1, 0.15) is 5.56 Å². The summed E-state index contributed by atoms with van der Waals surface area (Å²) in [6, 6.07) is 12.1. The summed E-state index contributed by atoms with van der Waals surface area (Å²) < 4.78 is 36.8. The van der Waals surface area contributed by atoms with Crippen LogP contribution in [-0.4, -0.2) is 39.8 Å². The molecule has 1 amide bonds. The fraction of sp³-hybridized carbons (Fsp3) is 0.250. The molecule has 0 unspecified atom stereocenters. The molecular weight excluding hydrogens is 380 g/mol. The number of sulfonamides is 1. The third-order valence-corrected chi connectivity index (χ3v) is 5.31. The average Bonchev–Trinajstić information content (AvgIpc) is 2.65. The molecular formula is C20H22N2O5S. The Morgan fingerprint density at radius 2 is 2.04 bits per heavy atom. The van der Waals surface area contributed by atoms with Gasteiger partial charge in [-0.1, -0.05) is 18.7 Å². The Bertz CT molecular complexity index is 986. The lowest BCUT2D eigenvalue weighted by molar-refractivity contribution is -0.122. The summed E-state index contributed by atoms with van der Waals surface area (Å²) in [4.78, 5) is 12.7. The zero-order valence-corrected chi connectivity index (χ0v) is 16.5. The number of nitrogens with zero attached hydrogens (tertiary/aromatic N) is 1. The van der Waals surface area contributed by atoms with Crippen LogP contribution in [-0.2, 0) is 14.8 Å². The van der Waals surface area contributed by atoms with E-state index in [-0.39, 0.29) is 6.54 Å². The molecule has 0 aromatic heterocycles. The van der Waals surface area contributed by atoms with Gasteiger partial charge in [0.25, 0.3) is 5.91 Å². The van der Waals surface area contributed by atoms with Crippen LogP contribution in [0.4, 0.5) is 11.4 Å². The number of benzene rings is 2. The van der Waals surface area contributed by atoms with Crippen LogP contribution in [0.3, 0.4) is 0 Å². The Kier molecular flexibility index (Phi) is 5.60. The summed E-state index contributed by atoms with van der Waals surface area (Å²) in [6.07, 6.45) is 1.78. The van der Waals surface area contributed by atoms with Crippen LogP contribution >= 0.6 is 0 Å². The molecule has 148 valence electrons. The summed E-state index contributed by atoms with van der Waals surface area (Å²) in [5, 5.41) is 2.75. The zero-order chi connectivity index (χ0) is 20.3. The van der Waals surface area contributed by atoms with Crippen molar-refractivity contribution >= 4 is 27.3 Å². The minimum absolute atomic E-state index is 0.0956. The lowest BCUT2D eigenvalue weighted by Crippen LogP contribution is -2.48. The van der Waals surface area contributed by atoms with Gasteiger partial charge in [0, 0.05) is 5.69 Å². The van der Waals surface area contributed by atoms with E-state index >= 15 is 0 Å². The molecule has 0 saturated heterocycles. The minimum atomic E-state index is -3.56. The maximum atomic E-state index is 12.7. The van der Waals surface area contributed by atoms with Crippen LogP contribution in [0.15, 0.2) is 55.1 Å². The van der Waals surface area contributed by atoms with Crippen LogP contribution < -0.4 is 19.1 Å². The quantitative estimate of drug-likeness (QED) is 0.751. The molecule has 0 spiro atoms. The molecule has 0 radical (unpaired) electrons. The second-order valence-electron chi connectivity index (χ2n) is 6.49. The van der Waals surface area contributed by atoms with Gasteiger partial charge >= 0.3 is 0 Å². The molecule has 3 rings (SSSR count). The van der Waals surface area contributed by atoms with Gasteiger partial charge in [-0.2, -0.15) is 0 Å². The van der Waals surface area contributed by atoms with Crippen LogP contribution in [0, 0.1) is 6.92 Å². The van der Waals surface area contributed by atoms with Gasteiger partial charge in [0.05, 0.1) is 18.5 Å². The first kappa shape index (κ1) is 19.8. The number of aryl methyl sites for hydroxylation is 1. The molecule has 0 aliphatic carbocycles. The summed E-state index contributed by atoms with van der Waals surface area (Å²) in [5.74, 6) is 0.578. The van der Waals surface area contributed by atoms with E-state index in [0.29, 0.717) is 29.5 Å². The third kappa shape index (κ3) is 4.45. The first-order valence-corrected chi connectivity index (χ1v) is 10.5. The van der Waals surface area contributed by atoms with Crippen molar-refractivity contribution in [3.05, 3.63) is 60.7 Å². The highest BCUT2D eigenvalue weighted by Crippen LogP contribution is 2.36. The Balaban J connectivity index is 1.77. The fourth-order valence-corrected chi connectivity index (χ4v) is 3.73. The minimum Gasteiger partial charge on any atom is -0.490 e. The Morgan fingerprint density at radius 1 is 1.32 bits per heavy atom. The summed E-state index contributed by atoms with van der Waals surface area (Å²) in [7, 11) is -3.56. The van der Waals surface area contributed by atoms with Gasteiger partial charge in [0.1, 0.15) is 18.1 Å². The van der Waals surface area contributed by atoms with Crippen molar-refractivity contribution in [2.75, 3.05) is 29.0 Å². The smallest absolute Gasteiger partial charge is 0.267 e. The Labute approximate surface area is 164 Å². The highest BCUT2D eigenvalue weighted by Gasteiger charge is 2.35. The fourth-order valence-electron chi connectivity index (χ4n) is 2.82. The number of carbonyl (C=O) groups is 1. The maximum absolute atomic E-state index is 12.7. The molecule has 7 nitrogen and oxygen atoms in total. The normalized spacial score (nSPS) is 15.9. The first-order valence-electron chi connectivity index (χ1n) is 8.67. The van der Waals surface area contributed by atoms with Crippen molar-refractivity contribution < 1.29 is 22.7 Å². The van der Waals surface area contributed by atoms with Gasteiger partial charge in [-0.05, 0) is 48.9 Å². The van der Waals surface area contributed by atoms with Crippen molar-refractivity contribution in [3.63, 3.8) is 0 Å². The molecule has 1 atom stereocenters. The molecule has 1 aliphatic heterocycles. The van der Waals surface area contributed by atoms with Gasteiger partial charge in [0.15, 0.2) is 6.10 Å². The predicted molar refractivity (Wildman–Crippen MR) is 109 cm³/mol. The van der Waals surface area contributed by atoms with Gasteiger partial charge in [-0.15, -0.1) is 0 Å². The number of rotatable bonds is 6. The Morgan fingerprint density at radius 3 is 2.68 bits per heavy atom. The van der Waals surface area contributed by atoms with Crippen molar-refractivity contribution in [2.45, 2.75) is 13.0 Å². The maximum Gasteiger partial charge on any atom is 0.267 e. The second-order valence-corrected chi connectivity index (χ2v) is 8.39. The van der Waals surface area contributed by atoms with E-state index in [1.54, 1.807) is 42.5 Å². The van der Waals surface area contributed by atoms with Gasteiger partial charge in [-0.3, -0.25) is 9.10 Å². The molecule has 0 fully saturated rings. The SMILES string of the molecule is C=CCOc1ccc(NC(=O)[C@H]2CN(S(C)(=O)=O)c3cc(C)ccc3O2)cc1. The van der Waals surface area contributed by atoms with E-state index in [9.17, 15) is 13.2 Å². The lowest BCUT2D eigenvalue weighted by atomic mass is 10.1. The summed E-state index contributed by atoms with van der Waals surface area (Å²) >= 11 is 0. The summed E-state index contributed by atoms with van der Waals surface area (Å²) in [5.41, 5.74) is 1.90. The number of hydrogen-bond acceptors (Lipinski definition) is 5. The molecule has 0 bridgehead atoms. The van der Waals surface area contributed by atoms with Gasteiger partial charge < -0.3 is 14.8 Å². The van der Waals surface area contributed by atoms with E-state index in [1.807, 2.05) is 13.0 Å². The number of nitrogens with one attached hydrogen (secondary N) is 1. The van der Waals surface area contributed by atoms with Crippen LogP contribution in [0.2, 0.25) is 0 Å². The molecule has 0 saturated carbocycles. The van der Waals surface area contributed by atoms with Crippen LogP contribution in [0.25, 0.3) is 0 Å². The number of amides is 1. The van der Waals surface area contributed by atoms with Crippen molar-refractivity contribution in [3.8, 4) is 11.5 Å². The molecule has 2 aromatic rings. The van der Waals surface area contributed by atoms with E-state index in [2.05, 4.69) is 11.9 Å². The summed E-state index contributed by atoms with van der Waals surface area (Å²) in [6.45, 7) is 5.74. The van der Waals surface area contributed by atoms with E-state index in [1.165, 1.54) is 4.31 Å². The molecule has 1 heterocycles. The number of anilines is 2. The third-order valence-electron chi connectivity index (χ3n) is 4.17. The second kappa shape index (κ2) is 7.93. The largest absolute Gasteiger partial charge is 0.490 e. The molecule has 1 aliphatic rings. The van der Waals surface area contributed by atoms with Crippen molar-refractivity contribution in [2.24, 2.45) is 0 Å². The van der Waals surface area contributed by atoms with E-state index in [4.69, 9.17) is 9.47 Å². The van der Waals surface area contributed by atoms with Crippen molar-refractivity contribution in [1.29, 1.82) is 0 Å². The number of ether oxygens (including phenoxy) is 2. The highest BCUT2D eigenvalue weighted by atomic mass is 32.2. The molecule has 1 N–H and O–H groups in total. The van der Waals surface area contributed by atoms with E-state index < -0.39 is 22.0 Å². The topological polar surface area (TPSA) is 84.9 Å². The number of hydrogen-bond donors (Lipinski definition) is 1. The van der Waals surface area contributed by atoms with Crippen LogP contribution in [0.5, 0.6) is 11.5 Å². The monoisotopic (exact) mass is 402 g/mol. The molecule has 2 aromatic carbocycles.